The van der Waals surface area contributed by atoms with E-state index in [0.717, 1.165) is 24.2 Å². The molecule has 2 aliphatic heterocycles. The molecule has 1 aromatic heterocycles. The molecule has 28 heavy (non-hydrogen) atoms. The second kappa shape index (κ2) is 8.05. The van der Waals surface area contributed by atoms with Gasteiger partial charge in [0.05, 0.1) is 28.7 Å². The van der Waals surface area contributed by atoms with E-state index < -0.39 is 0 Å². The number of nitrogens with zero attached hydrogens (tertiary/aromatic N) is 1. The number of aromatic amines is 1. The lowest BCUT2D eigenvalue weighted by molar-refractivity contribution is -0.113. The number of thioether (sulfide) groups is 1. The Morgan fingerprint density at radius 1 is 1.18 bits per heavy atom. The fraction of sp³-hybridized carbons (Fsp3) is 0.500. The van der Waals surface area contributed by atoms with Gasteiger partial charge >= 0.3 is 0 Å². The lowest BCUT2D eigenvalue weighted by Gasteiger charge is -2.25. The van der Waals surface area contributed by atoms with Gasteiger partial charge in [0.25, 0.3) is 5.56 Å². The summed E-state index contributed by atoms with van der Waals surface area (Å²) in [6.07, 6.45) is 1.72. The number of carbonyl (C=O) groups excluding carboxylic acids is 1. The first-order valence-corrected chi connectivity index (χ1v) is 10.7. The van der Waals surface area contributed by atoms with Crippen LogP contribution in [-0.2, 0) is 9.53 Å². The number of hydrogen-bond acceptors (Lipinski definition) is 5. The Balaban J connectivity index is 1.72. The molecule has 2 aromatic rings. The molecule has 0 unspecified atom stereocenters. The molecule has 7 nitrogen and oxygen atoms in total. The number of carbonyl (C=O) groups is 1. The number of benzene rings is 1. The number of anilines is 1. The summed E-state index contributed by atoms with van der Waals surface area (Å²) in [6, 6.07) is 7.90. The third-order valence-electron chi connectivity index (χ3n) is 4.97. The topological polar surface area (TPSA) is 85.4 Å². The molecule has 150 valence electrons. The Morgan fingerprint density at radius 2 is 1.89 bits per heavy atom. The number of hydrogen-bond donors (Lipinski definition) is 2. The molecule has 2 N–H and O–H groups in total. The van der Waals surface area contributed by atoms with Crippen LogP contribution in [0.4, 0.5) is 5.82 Å². The van der Waals surface area contributed by atoms with Crippen LogP contribution < -0.4 is 15.6 Å². The number of rotatable bonds is 4. The lowest BCUT2D eigenvalue weighted by atomic mass is 10.1. The normalized spacial score (nSPS) is 20.5. The number of ether oxygens (including phenoxy) is 2. The molecule has 0 radical (unpaired) electrons. The third kappa shape index (κ3) is 3.84. The van der Waals surface area contributed by atoms with Crippen molar-refractivity contribution < 1.29 is 14.3 Å². The summed E-state index contributed by atoms with van der Waals surface area (Å²) in [5.74, 6) is 1.60. The molecule has 3 heterocycles. The molecule has 0 bridgehead atoms. The summed E-state index contributed by atoms with van der Waals surface area (Å²) in [6.45, 7) is 5.28. The molecule has 1 saturated heterocycles. The number of nitrogens with one attached hydrogen (secondary N) is 2. The Hall–Kier alpha value is -2.19. The van der Waals surface area contributed by atoms with Crippen LogP contribution in [0.5, 0.6) is 5.75 Å². The molecule has 1 fully saturated rings. The number of aromatic nitrogens is 2. The predicted octanol–water partition coefficient (Wildman–Crippen LogP) is 3.09. The van der Waals surface area contributed by atoms with E-state index in [1.807, 2.05) is 42.8 Å². The minimum absolute atomic E-state index is 0.0895. The van der Waals surface area contributed by atoms with Gasteiger partial charge in [0, 0.05) is 13.2 Å². The van der Waals surface area contributed by atoms with Crippen LogP contribution in [-0.4, -0.2) is 40.8 Å². The largest absolute Gasteiger partial charge is 0.491 e. The molecule has 4 rings (SSSR count). The monoisotopic (exact) mass is 403 g/mol. The van der Waals surface area contributed by atoms with Crippen molar-refractivity contribution in [1.29, 1.82) is 0 Å². The van der Waals surface area contributed by atoms with Gasteiger partial charge in [0.15, 0.2) is 0 Å². The summed E-state index contributed by atoms with van der Waals surface area (Å²) < 4.78 is 13.0. The van der Waals surface area contributed by atoms with Crippen molar-refractivity contribution in [3.63, 3.8) is 0 Å². The number of H-pyrrole nitrogens is 1. The quantitative estimate of drug-likeness (QED) is 0.819. The van der Waals surface area contributed by atoms with Crippen molar-refractivity contribution in [3.8, 4) is 5.75 Å². The van der Waals surface area contributed by atoms with Crippen molar-refractivity contribution in [3.05, 3.63) is 45.7 Å². The molecule has 0 saturated carbocycles. The summed E-state index contributed by atoms with van der Waals surface area (Å²) >= 11 is 1.47. The summed E-state index contributed by atoms with van der Waals surface area (Å²) in [5, 5.41) is 5.70. The summed E-state index contributed by atoms with van der Waals surface area (Å²) in [4.78, 5) is 25.2. The van der Waals surface area contributed by atoms with E-state index in [0.29, 0.717) is 30.3 Å². The fourth-order valence-corrected chi connectivity index (χ4v) is 4.84. The van der Waals surface area contributed by atoms with Crippen LogP contribution in [0, 0.1) is 0 Å². The number of amides is 1. The Morgan fingerprint density at radius 3 is 2.57 bits per heavy atom. The average Bonchev–Trinajstić information content (AvgIpc) is 2.89. The molecular formula is C20H25N3O4S. The lowest BCUT2D eigenvalue weighted by Crippen LogP contribution is -2.24. The van der Waals surface area contributed by atoms with Gasteiger partial charge in [-0.1, -0.05) is 12.1 Å². The van der Waals surface area contributed by atoms with Gasteiger partial charge in [-0.2, -0.15) is 0 Å². The first-order chi connectivity index (χ1) is 13.5. The molecule has 1 atom stereocenters. The highest BCUT2D eigenvalue weighted by Gasteiger charge is 2.32. The first-order valence-electron chi connectivity index (χ1n) is 9.63. The van der Waals surface area contributed by atoms with Crippen LogP contribution >= 0.6 is 11.8 Å². The maximum Gasteiger partial charge on any atom is 0.270 e. The minimum Gasteiger partial charge on any atom is -0.491 e. The van der Waals surface area contributed by atoms with Gasteiger partial charge in [-0.05, 0) is 44.4 Å². The second-order valence-electron chi connectivity index (χ2n) is 7.39. The van der Waals surface area contributed by atoms with E-state index >= 15 is 0 Å². The third-order valence-corrected chi connectivity index (χ3v) is 6.24. The van der Waals surface area contributed by atoms with Crippen molar-refractivity contribution in [2.45, 2.75) is 44.1 Å². The zero-order valence-electron chi connectivity index (χ0n) is 16.1. The zero-order chi connectivity index (χ0) is 19.7. The smallest absolute Gasteiger partial charge is 0.270 e. The van der Waals surface area contributed by atoms with E-state index in [9.17, 15) is 9.59 Å². The van der Waals surface area contributed by atoms with Gasteiger partial charge in [0.1, 0.15) is 11.6 Å². The average molecular weight is 404 g/mol. The van der Waals surface area contributed by atoms with Gasteiger partial charge in [-0.25, -0.2) is 0 Å². The van der Waals surface area contributed by atoms with Gasteiger partial charge in [-0.15, -0.1) is 11.8 Å². The van der Waals surface area contributed by atoms with Crippen LogP contribution in [0.3, 0.4) is 0 Å². The van der Waals surface area contributed by atoms with Gasteiger partial charge in [-0.3, -0.25) is 19.4 Å². The van der Waals surface area contributed by atoms with Crippen LogP contribution in [0.25, 0.3) is 0 Å². The van der Waals surface area contributed by atoms with Crippen LogP contribution in [0.2, 0.25) is 0 Å². The summed E-state index contributed by atoms with van der Waals surface area (Å²) in [5.41, 5.74) is 1.44. The zero-order valence-corrected chi connectivity index (χ0v) is 16.9. The molecular weight excluding hydrogens is 378 g/mol. The van der Waals surface area contributed by atoms with Crippen molar-refractivity contribution in [2.75, 3.05) is 24.3 Å². The van der Waals surface area contributed by atoms with Gasteiger partial charge < -0.3 is 14.8 Å². The minimum atomic E-state index is -0.216. The SMILES string of the molecule is CC(C)Oc1ccc([C@H]2SCC(=O)Nc3c2c(=O)[nH]n3C2CCOCC2)cc1. The molecule has 0 spiro atoms. The standard InChI is InChI=1S/C20H25N3O4S/c1-12(2)27-15-5-3-13(4-6-15)18-17-19(21-16(24)11-28-18)23(22-20(17)25)14-7-9-26-10-8-14/h3-6,12,14,18H,7-11H2,1-2H3,(H,21,24)(H,22,25)/t18-/m1/s1. The maximum atomic E-state index is 12.9. The molecule has 1 amide bonds. The van der Waals surface area contributed by atoms with E-state index in [2.05, 4.69) is 10.4 Å². The van der Waals surface area contributed by atoms with E-state index in [-0.39, 0.29) is 28.9 Å². The van der Waals surface area contributed by atoms with E-state index in [4.69, 9.17) is 9.47 Å². The van der Waals surface area contributed by atoms with E-state index in [1.165, 1.54) is 11.8 Å². The second-order valence-corrected chi connectivity index (χ2v) is 8.49. The van der Waals surface area contributed by atoms with E-state index in [1.54, 1.807) is 0 Å². The van der Waals surface area contributed by atoms with Crippen molar-refractivity contribution in [1.82, 2.24) is 9.78 Å². The molecule has 8 heteroatoms. The Kier molecular flexibility index (Phi) is 5.50. The van der Waals surface area contributed by atoms with Gasteiger partial charge in [0.2, 0.25) is 5.91 Å². The fourth-order valence-electron chi connectivity index (χ4n) is 3.72. The van der Waals surface area contributed by atoms with Crippen molar-refractivity contribution >= 4 is 23.5 Å². The molecule has 0 aliphatic carbocycles. The van der Waals surface area contributed by atoms with Crippen LogP contribution in [0.1, 0.15) is 49.1 Å². The van der Waals surface area contributed by atoms with Crippen LogP contribution in [0.15, 0.2) is 29.1 Å². The maximum absolute atomic E-state index is 12.9. The highest BCUT2D eigenvalue weighted by Crippen LogP contribution is 2.41. The van der Waals surface area contributed by atoms with Crippen molar-refractivity contribution in [2.24, 2.45) is 0 Å². The Bertz CT molecular complexity index is 897. The number of fused-ring (bicyclic) bond motifs is 1. The Labute approximate surface area is 167 Å². The first kappa shape index (κ1) is 19.1. The molecule has 1 aromatic carbocycles. The molecule has 2 aliphatic rings. The highest BCUT2D eigenvalue weighted by molar-refractivity contribution is 8.00. The highest BCUT2D eigenvalue weighted by atomic mass is 32.2. The predicted molar refractivity (Wildman–Crippen MR) is 109 cm³/mol. The summed E-state index contributed by atoms with van der Waals surface area (Å²) in [7, 11) is 0.